The van der Waals surface area contributed by atoms with Gasteiger partial charge in [0.1, 0.15) is 6.04 Å². The van der Waals surface area contributed by atoms with Gasteiger partial charge in [0.05, 0.1) is 4.87 Å². The fraction of sp³-hybridized carbons (Fsp3) is 0.412. The summed E-state index contributed by atoms with van der Waals surface area (Å²) in [6.45, 7) is 1.87. The van der Waals surface area contributed by atoms with Crippen molar-refractivity contribution in [2.24, 2.45) is 0 Å². The molecule has 2 fully saturated rings. The van der Waals surface area contributed by atoms with Gasteiger partial charge in [-0.1, -0.05) is 16.8 Å². The number of benzene rings is 1. The van der Waals surface area contributed by atoms with E-state index in [-0.39, 0.29) is 23.3 Å². The van der Waals surface area contributed by atoms with Gasteiger partial charge in [-0.15, -0.1) is 11.8 Å². The van der Waals surface area contributed by atoms with Crippen LogP contribution in [0.5, 0.6) is 0 Å². The van der Waals surface area contributed by atoms with Gasteiger partial charge in [0.2, 0.25) is 11.7 Å². The maximum absolute atomic E-state index is 12.4. The largest absolute Gasteiger partial charge is 0.454 e. The molecule has 1 aromatic heterocycles. The Hall–Kier alpha value is -2.06. The predicted molar refractivity (Wildman–Crippen MR) is 95.3 cm³/mol. The van der Waals surface area contributed by atoms with E-state index in [1.165, 1.54) is 0 Å². The van der Waals surface area contributed by atoms with Gasteiger partial charge in [-0.3, -0.25) is 4.79 Å². The third-order valence-electron chi connectivity index (χ3n) is 4.63. The monoisotopic (exact) mass is 393 g/mol. The molecule has 0 N–H and O–H groups in total. The van der Waals surface area contributed by atoms with Crippen molar-refractivity contribution in [3.8, 4) is 11.4 Å². The quantitative estimate of drug-likeness (QED) is 0.738. The summed E-state index contributed by atoms with van der Waals surface area (Å²) in [5.41, 5.74) is 0.751. The van der Waals surface area contributed by atoms with Crippen LogP contribution in [0.2, 0.25) is 5.02 Å². The maximum atomic E-state index is 12.4. The molecule has 0 bridgehead atoms. The molecule has 0 unspecified atom stereocenters. The Morgan fingerprint density at radius 2 is 2.23 bits per heavy atom. The second-order valence-electron chi connectivity index (χ2n) is 6.39. The average Bonchev–Trinajstić information content (AvgIpc) is 3.30. The van der Waals surface area contributed by atoms with Crippen LogP contribution in [0, 0.1) is 0 Å². The molecule has 2 aliphatic rings. The Labute approximate surface area is 159 Å². The van der Waals surface area contributed by atoms with Gasteiger partial charge in [0.15, 0.2) is 6.61 Å². The number of carbonyl (C=O) groups excluding carboxylic acids is 2. The SMILES string of the molecule is C[C@]12CCC(=O)N1[C@H](C(=O)OCc1nc(-c3ccc(Cl)cc3)no1)CS2. The lowest BCUT2D eigenvalue weighted by molar-refractivity contribution is -0.155. The van der Waals surface area contributed by atoms with E-state index in [0.717, 1.165) is 12.0 Å². The van der Waals surface area contributed by atoms with Crippen LogP contribution in [0.25, 0.3) is 11.4 Å². The lowest BCUT2D eigenvalue weighted by Gasteiger charge is -2.29. The van der Waals surface area contributed by atoms with Crippen molar-refractivity contribution in [2.75, 3.05) is 5.75 Å². The molecule has 0 saturated carbocycles. The topological polar surface area (TPSA) is 85.5 Å². The number of aromatic nitrogens is 2. The van der Waals surface area contributed by atoms with Gasteiger partial charge in [0.25, 0.3) is 5.89 Å². The lowest BCUT2D eigenvalue weighted by atomic mass is 10.2. The van der Waals surface area contributed by atoms with Gasteiger partial charge in [-0.05, 0) is 37.6 Å². The summed E-state index contributed by atoms with van der Waals surface area (Å²) in [5.74, 6) is 0.696. The second kappa shape index (κ2) is 6.59. The summed E-state index contributed by atoms with van der Waals surface area (Å²) in [7, 11) is 0. The summed E-state index contributed by atoms with van der Waals surface area (Å²) in [5, 5.41) is 4.49. The molecule has 136 valence electrons. The summed E-state index contributed by atoms with van der Waals surface area (Å²) in [6, 6.07) is 6.46. The number of rotatable bonds is 4. The van der Waals surface area contributed by atoms with Crippen LogP contribution in [0.3, 0.4) is 0 Å². The fourth-order valence-electron chi connectivity index (χ4n) is 3.25. The number of ether oxygens (including phenoxy) is 1. The molecule has 1 amide bonds. The van der Waals surface area contributed by atoms with E-state index in [9.17, 15) is 9.59 Å². The molecule has 0 aliphatic carbocycles. The van der Waals surface area contributed by atoms with E-state index < -0.39 is 12.0 Å². The Kier molecular flexibility index (Phi) is 4.40. The van der Waals surface area contributed by atoms with Crippen molar-refractivity contribution in [3.05, 3.63) is 35.2 Å². The molecule has 2 aliphatic heterocycles. The predicted octanol–water partition coefficient (Wildman–Crippen LogP) is 2.89. The Morgan fingerprint density at radius 1 is 1.46 bits per heavy atom. The molecule has 3 heterocycles. The zero-order chi connectivity index (χ0) is 18.3. The summed E-state index contributed by atoms with van der Waals surface area (Å²) >= 11 is 7.48. The molecule has 9 heteroatoms. The first-order chi connectivity index (χ1) is 12.5. The molecule has 4 rings (SSSR count). The number of halogens is 1. The van der Waals surface area contributed by atoms with Crippen LogP contribution in [-0.2, 0) is 20.9 Å². The first kappa shape index (κ1) is 17.4. The maximum Gasteiger partial charge on any atom is 0.330 e. The number of esters is 1. The van der Waals surface area contributed by atoms with Crippen LogP contribution in [-0.4, -0.2) is 43.6 Å². The molecule has 0 radical (unpaired) electrons. The summed E-state index contributed by atoms with van der Waals surface area (Å²) < 4.78 is 10.5. The molecule has 0 spiro atoms. The highest BCUT2D eigenvalue weighted by Crippen LogP contribution is 2.47. The zero-order valence-corrected chi connectivity index (χ0v) is 15.5. The van der Waals surface area contributed by atoms with E-state index in [4.69, 9.17) is 20.9 Å². The molecule has 7 nitrogen and oxygen atoms in total. The Balaban J connectivity index is 1.39. The van der Waals surface area contributed by atoms with Crippen LogP contribution >= 0.6 is 23.4 Å². The summed E-state index contributed by atoms with van der Waals surface area (Å²) in [6.07, 6.45) is 1.23. The van der Waals surface area contributed by atoms with E-state index in [1.54, 1.807) is 40.9 Å². The highest BCUT2D eigenvalue weighted by atomic mass is 35.5. The number of hydrogen-bond acceptors (Lipinski definition) is 7. The number of nitrogens with zero attached hydrogens (tertiary/aromatic N) is 3. The standard InChI is InChI=1S/C17H16ClN3O4S/c1-17-7-6-14(22)21(17)12(9-26-17)16(23)24-8-13-19-15(20-25-13)10-2-4-11(18)5-3-10/h2-5,12H,6-9H2,1H3/t12-,17-/m0/s1. The molecular weight excluding hydrogens is 378 g/mol. The zero-order valence-electron chi connectivity index (χ0n) is 14.0. The van der Waals surface area contributed by atoms with Crippen molar-refractivity contribution in [2.45, 2.75) is 37.3 Å². The molecule has 2 saturated heterocycles. The van der Waals surface area contributed by atoms with Crippen molar-refractivity contribution < 1.29 is 18.8 Å². The molecule has 2 aromatic rings. The third-order valence-corrected chi connectivity index (χ3v) is 6.38. The molecule has 26 heavy (non-hydrogen) atoms. The Morgan fingerprint density at radius 3 is 3.00 bits per heavy atom. The van der Waals surface area contributed by atoms with Crippen molar-refractivity contribution in [1.82, 2.24) is 15.0 Å². The Bertz CT molecular complexity index is 856. The number of hydrogen-bond donors (Lipinski definition) is 0. The van der Waals surface area contributed by atoms with E-state index in [1.807, 2.05) is 6.92 Å². The normalized spacial score (nSPS) is 24.8. The van der Waals surface area contributed by atoms with Gasteiger partial charge in [0, 0.05) is 22.8 Å². The number of carbonyl (C=O) groups is 2. The second-order valence-corrected chi connectivity index (χ2v) is 8.33. The highest BCUT2D eigenvalue weighted by molar-refractivity contribution is 8.01. The van der Waals surface area contributed by atoms with Crippen molar-refractivity contribution >= 4 is 35.2 Å². The van der Waals surface area contributed by atoms with E-state index in [2.05, 4.69) is 10.1 Å². The van der Waals surface area contributed by atoms with Gasteiger partial charge in [-0.25, -0.2) is 4.79 Å². The number of thioether (sulfide) groups is 1. The average molecular weight is 394 g/mol. The molecule has 1 aromatic carbocycles. The highest BCUT2D eigenvalue weighted by Gasteiger charge is 2.53. The van der Waals surface area contributed by atoms with Crippen molar-refractivity contribution in [3.63, 3.8) is 0 Å². The van der Waals surface area contributed by atoms with E-state index in [0.29, 0.717) is 23.0 Å². The van der Waals surface area contributed by atoms with Gasteiger partial charge >= 0.3 is 5.97 Å². The lowest BCUT2D eigenvalue weighted by Crippen LogP contribution is -2.46. The van der Waals surface area contributed by atoms with Crippen LogP contribution in [0.15, 0.2) is 28.8 Å². The minimum Gasteiger partial charge on any atom is -0.454 e. The number of fused-ring (bicyclic) bond motifs is 1. The first-order valence-electron chi connectivity index (χ1n) is 8.17. The van der Waals surface area contributed by atoms with Crippen LogP contribution in [0.1, 0.15) is 25.7 Å². The fourth-order valence-corrected chi connectivity index (χ4v) is 4.80. The van der Waals surface area contributed by atoms with Crippen molar-refractivity contribution in [1.29, 1.82) is 0 Å². The minimum atomic E-state index is -0.557. The first-order valence-corrected chi connectivity index (χ1v) is 9.54. The third kappa shape index (κ3) is 3.07. The smallest absolute Gasteiger partial charge is 0.330 e. The van der Waals surface area contributed by atoms with Crippen LogP contribution in [0.4, 0.5) is 0 Å². The van der Waals surface area contributed by atoms with Crippen LogP contribution < -0.4 is 0 Å². The summed E-state index contributed by atoms with van der Waals surface area (Å²) in [4.78, 5) is 30.1. The van der Waals surface area contributed by atoms with Gasteiger partial charge < -0.3 is 14.2 Å². The van der Waals surface area contributed by atoms with Gasteiger partial charge in [-0.2, -0.15) is 4.98 Å². The molecular formula is C17H16ClN3O4S. The number of amides is 1. The molecule has 2 atom stereocenters. The minimum absolute atomic E-state index is 0.00210. The van der Waals surface area contributed by atoms with E-state index >= 15 is 0 Å².